The molecule has 0 aliphatic carbocycles. The lowest BCUT2D eigenvalue weighted by atomic mass is 10.0. The second kappa shape index (κ2) is 39.3. The summed E-state index contributed by atoms with van der Waals surface area (Å²) in [5, 5.41) is 0. The number of hydrogen-bond donors (Lipinski definition) is 0. The Morgan fingerprint density at radius 1 is 0.267 bits per heavy atom. The van der Waals surface area contributed by atoms with Crippen molar-refractivity contribution in [1.82, 2.24) is 0 Å². The number of carbonyl (C=O) groups excluding carboxylic acids is 2. The first-order valence-corrected chi connectivity index (χ1v) is 20.9. The SMILES string of the molecule is CCCCCCCCCCCCCCCCCCCCC(=O)OC(=O)CCCCCCCCCCCCCCCCCCCC. The van der Waals surface area contributed by atoms with Crippen LogP contribution < -0.4 is 0 Å². The highest BCUT2D eigenvalue weighted by atomic mass is 16.6. The van der Waals surface area contributed by atoms with Gasteiger partial charge in [0.25, 0.3) is 0 Å². The summed E-state index contributed by atoms with van der Waals surface area (Å²) >= 11 is 0. The maximum absolute atomic E-state index is 12.0. The van der Waals surface area contributed by atoms with Crippen LogP contribution in [-0.4, -0.2) is 11.9 Å². The molecular weight excluding hydrogens is 552 g/mol. The predicted molar refractivity (Wildman–Crippen MR) is 198 cm³/mol. The number of hydrogen-bond acceptors (Lipinski definition) is 3. The van der Waals surface area contributed by atoms with Crippen molar-refractivity contribution in [3.63, 3.8) is 0 Å². The van der Waals surface area contributed by atoms with Gasteiger partial charge in [-0.2, -0.15) is 0 Å². The van der Waals surface area contributed by atoms with E-state index >= 15 is 0 Å². The normalized spacial score (nSPS) is 11.3. The average Bonchev–Trinajstić information content (AvgIpc) is 3.03. The molecule has 0 atom stereocenters. The van der Waals surface area contributed by atoms with E-state index in [1.54, 1.807) is 0 Å². The number of ether oxygens (including phenoxy) is 1. The van der Waals surface area contributed by atoms with Gasteiger partial charge in [0, 0.05) is 12.8 Å². The zero-order valence-electron chi connectivity index (χ0n) is 31.1. The lowest BCUT2D eigenvalue weighted by Gasteiger charge is -2.05. The zero-order chi connectivity index (χ0) is 32.7. The van der Waals surface area contributed by atoms with Crippen molar-refractivity contribution in [3.8, 4) is 0 Å². The second-order valence-corrected chi connectivity index (χ2v) is 14.4. The van der Waals surface area contributed by atoms with Crippen molar-refractivity contribution in [2.45, 2.75) is 258 Å². The van der Waals surface area contributed by atoms with Crippen LogP contribution in [0.2, 0.25) is 0 Å². The molecular formula is C42H82O3. The van der Waals surface area contributed by atoms with Gasteiger partial charge in [-0.3, -0.25) is 9.59 Å². The van der Waals surface area contributed by atoms with E-state index in [2.05, 4.69) is 13.8 Å². The number of carbonyl (C=O) groups is 2. The van der Waals surface area contributed by atoms with Crippen molar-refractivity contribution < 1.29 is 14.3 Å². The first-order chi connectivity index (χ1) is 22.2. The molecule has 0 radical (unpaired) electrons. The quantitative estimate of drug-likeness (QED) is 0.0385. The number of unbranched alkanes of at least 4 members (excludes halogenated alkanes) is 34. The fourth-order valence-corrected chi connectivity index (χ4v) is 6.57. The van der Waals surface area contributed by atoms with E-state index in [1.165, 1.54) is 205 Å². The maximum Gasteiger partial charge on any atom is 0.313 e. The maximum atomic E-state index is 12.0. The summed E-state index contributed by atoms with van der Waals surface area (Å²) < 4.78 is 5.04. The molecule has 0 fully saturated rings. The third-order valence-electron chi connectivity index (χ3n) is 9.70. The Kier molecular flexibility index (Phi) is 38.6. The van der Waals surface area contributed by atoms with Crippen LogP contribution in [0.3, 0.4) is 0 Å². The molecule has 3 heteroatoms. The Bertz CT molecular complexity index is 536. The lowest BCUT2D eigenvalue weighted by molar-refractivity contribution is -0.159. The van der Waals surface area contributed by atoms with Crippen LogP contribution in [0.25, 0.3) is 0 Å². The van der Waals surface area contributed by atoms with Gasteiger partial charge in [-0.15, -0.1) is 0 Å². The molecule has 0 saturated heterocycles. The van der Waals surface area contributed by atoms with E-state index in [9.17, 15) is 9.59 Å². The van der Waals surface area contributed by atoms with Gasteiger partial charge in [0.1, 0.15) is 0 Å². The van der Waals surface area contributed by atoms with Crippen LogP contribution in [0.5, 0.6) is 0 Å². The standard InChI is InChI=1S/C42H82O3/c1-3-5-7-9-11-13-15-17-19-21-23-25-27-29-31-33-35-37-39-41(43)45-42(44)40-38-36-34-32-30-28-26-24-22-20-18-16-14-12-10-8-6-4-2/h3-40H2,1-2H3. The second-order valence-electron chi connectivity index (χ2n) is 14.4. The predicted octanol–water partition coefficient (Wildman–Crippen LogP) is 14.9. The van der Waals surface area contributed by atoms with Gasteiger partial charge in [-0.1, -0.05) is 232 Å². The van der Waals surface area contributed by atoms with Crippen LogP contribution in [0, 0.1) is 0 Å². The van der Waals surface area contributed by atoms with E-state index in [0.717, 1.165) is 25.7 Å². The number of rotatable bonds is 38. The first-order valence-electron chi connectivity index (χ1n) is 20.9. The van der Waals surface area contributed by atoms with E-state index < -0.39 is 0 Å². The monoisotopic (exact) mass is 635 g/mol. The molecule has 268 valence electrons. The van der Waals surface area contributed by atoms with Crippen molar-refractivity contribution in [3.05, 3.63) is 0 Å². The average molecular weight is 635 g/mol. The van der Waals surface area contributed by atoms with Gasteiger partial charge in [-0.25, -0.2) is 0 Å². The smallest absolute Gasteiger partial charge is 0.313 e. The summed E-state index contributed by atoms with van der Waals surface area (Å²) in [7, 11) is 0. The minimum absolute atomic E-state index is 0.320. The van der Waals surface area contributed by atoms with E-state index in [0.29, 0.717) is 12.8 Å². The van der Waals surface area contributed by atoms with E-state index in [1.807, 2.05) is 0 Å². The Balaban J connectivity index is 3.26. The van der Waals surface area contributed by atoms with Crippen molar-refractivity contribution in [1.29, 1.82) is 0 Å². The Hall–Kier alpha value is -0.860. The topological polar surface area (TPSA) is 43.4 Å². The molecule has 0 rings (SSSR count). The molecule has 0 spiro atoms. The highest BCUT2D eigenvalue weighted by Crippen LogP contribution is 2.16. The largest absolute Gasteiger partial charge is 0.393 e. The van der Waals surface area contributed by atoms with Gasteiger partial charge < -0.3 is 4.74 Å². The highest BCUT2D eigenvalue weighted by molar-refractivity contribution is 5.85. The van der Waals surface area contributed by atoms with Gasteiger partial charge >= 0.3 is 11.9 Å². The summed E-state index contributed by atoms with van der Waals surface area (Å²) in [5.74, 6) is -0.641. The van der Waals surface area contributed by atoms with Gasteiger partial charge in [0.15, 0.2) is 0 Å². The molecule has 0 aliphatic rings. The van der Waals surface area contributed by atoms with Crippen LogP contribution in [0.4, 0.5) is 0 Å². The molecule has 0 saturated carbocycles. The van der Waals surface area contributed by atoms with E-state index in [4.69, 9.17) is 4.74 Å². The van der Waals surface area contributed by atoms with Crippen LogP contribution in [-0.2, 0) is 14.3 Å². The highest BCUT2D eigenvalue weighted by Gasteiger charge is 2.10. The molecule has 0 aromatic carbocycles. The minimum Gasteiger partial charge on any atom is -0.393 e. The summed E-state index contributed by atoms with van der Waals surface area (Å²) in [5.41, 5.74) is 0. The fourth-order valence-electron chi connectivity index (χ4n) is 6.57. The van der Waals surface area contributed by atoms with Crippen molar-refractivity contribution in [2.75, 3.05) is 0 Å². The summed E-state index contributed by atoms with van der Waals surface area (Å²) in [6.07, 6.45) is 48.9. The molecule has 45 heavy (non-hydrogen) atoms. The third kappa shape index (κ3) is 39.2. The van der Waals surface area contributed by atoms with Crippen LogP contribution >= 0.6 is 0 Å². The molecule has 0 bridgehead atoms. The Morgan fingerprint density at radius 3 is 0.600 bits per heavy atom. The van der Waals surface area contributed by atoms with Gasteiger partial charge in [0.05, 0.1) is 0 Å². The summed E-state index contributed by atoms with van der Waals surface area (Å²) in [6.45, 7) is 4.57. The zero-order valence-corrected chi connectivity index (χ0v) is 31.1. The first kappa shape index (κ1) is 44.1. The molecule has 0 amide bonds. The number of esters is 2. The molecule has 0 unspecified atom stereocenters. The van der Waals surface area contributed by atoms with Crippen LogP contribution in [0.1, 0.15) is 258 Å². The third-order valence-corrected chi connectivity index (χ3v) is 9.70. The minimum atomic E-state index is -0.320. The molecule has 0 aromatic heterocycles. The van der Waals surface area contributed by atoms with Crippen molar-refractivity contribution in [2.24, 2.45) is 0 Å². The molecule has 0 heterocycles. The lowest BCUT2D eigenvalue weighted by Crippen LogP contribution is -2.11. The van der Waals surface area contributed by atoms with Gasteiger partial charge in [0.2, 0.25) is 0 Å². The molecule has 0 aliphatic heterocycles. The summed E-state index contributed by atoms with van der Waals surface area (Å²) in [4.78, 5) is 23.9. The van der Waals surface area contributed by atoms with Crippen molar-refractivity contribution >= 4 is 11.9 Å². The molecule has 0 N–H and O–H groups in total. The Labute approximate surface area is 283 Å². The van der Waals surface area contributed by atoms with Crippen LogP contribution in [0.15, 0.2) is 0 Å². The van der Waals surface area contributed by atoms with E-state index in [-0.39, 0.29) is 11.9 Å². The van der Waals surface area contributed by atoms with Gasteiger partial charge in [-0.05, 0) is 12.8 Å². The fraction of sp³-hybridized carbons (Fsp3) is 0.952. The summed E-state index contributed by atoms with van der Waals surface area (Å²) in [6, 6.07) is 0. The molecule has 3 nitrogen and oxygen atoms in total. The molecule has 0 aromatic rings. The Morgan fingerprint density at radius 2 is 0.422 bits per heavy atom.